The van der Waals surface area contributed by atoms with Gasteiger partial charge in [-0.3, -0.25) is 9.59 Å². The van der Waals surface area contributed by atoms with Gasteiger partial charge in [-0.05, 0) is 31.0 Å². The third-order valence-electron chi connectivity index (χ3n) is 3.50. The molecule has 1 aliphatic heterocycles. The van der Waals surface area contributed by atoms with Crippen molar-refractivity contribution in [3.63, 3.8) is 0 Å². The molecule has 3 N–H and O–H groups in total. The first-order valence-electron chi connectivity index (χ1n) is 6.65. The molecule has 100 valence electrons. The van der Waals surface area contributed by atoms with Crippen LogP contribution in [0.1, 0.15) is 12.8 Å². The number of carbonyl (C=O) groups is 2. The minimum absolute atomic E-state index is 0.0319. The molecule has 5 nitrogen and oxygen atoms in total. The third-order valence-corrected chi connectivity index (χ3v) is 3.50. The van der Waals surface area contributed by atoms with E-state index in [0.29, 0.717) is 0 Å². The lowest BCUT2D eigenvalue weighted by molar-refractivity contribution is -0.121. The summed E-state index contributed by atoms with van der Waals surface area (Å²) in [4.78, 5) is 23.5. The van der Waals surface area contributed by atoms with Crippen molar-refractivity contribution in [2.75, 3.05) is 23.7 Å². The zero-order valence-electron chi connectivity index (χ0n) is 10.6. The van der Waals surface area contributed by atoms with E-state index in [1.165, 1.54) is 0 Å². The van der Waals surface area contributed by atoms with Gasteiger partial charge in [-0.1, -0.05) is 6.07 Å². The lowest BCUT2D eigenvalue weighted by Gasteiger charge is -2.25. The molecule has 0 radical (unpaired) electrons. The van der Waals surface area contributed by atoms with Gasteiger partial charge in [0, 0.05) is 30.4 Å². The molecule has 5 heteroatoms. The largest absolute Gasteiger partial charge is 0.326 e. The van der Waals surface area contributed by atoms with Crippen LogP contribution < -0.4 is 16.0 Å². The summed E-state index contributed by atoms with van der Waals surface area (Å²) < 4.78 is 0. The highest BCUT2D eigenvalue weighted by Gasteiger charge is 2.29. The predicted molar refractivity (Wildman–Crippen MR) is 72.8 cm³/mol. The molecule has 1 heterocycles. The van der Waals surface area contributed by atoms with Crippen molar-refractivity contribution in [3.05, 3.63) is 24.3 Å². The summed E-state index contributed by atoms with van der Waals surface area (Å²) >= 11 is 0. The van der Waals surface area contributed by atoms with E-state index in [9.17, 15) is 9.59 Å². The Morgan fingerprint density at radius 3 is 2.05 bits per heavy atom. The summed E-state index contributed by atoms with van der Waals surface area (Å²) in [6, 6.07) is 7.29. The van der Waals surface area contributed by atoms with Gasteiger partial charge >= 0.3 is 0 Å². The summed E-state index contributed by atoms with van der Waals surface area (Å²) in [5.74, 6) is 0.347. The van der Waals surface area contributed by atoms with E-state index in [1.807, 2.05) is 18.2 Å². The Kier molecular flexibility index (Phi) is 3.21. The fourth-order valence-electron chi connectivity index (χ4n) is 1.98. The van der Waals surface area contributed by atoms with E-state index in [-0.39, 0.29) is 23.7 Å². The number of hydrogen-bond acceptors (Lipinski definition) is 3. The summed E-state index contributed by atoms with van der Waals surface area (Å²) in [5, 5.41) is 8.81. The van der Waals surface area contributed by atoms with Crippen LogP contribution in [0.4, 0.5) is 11.4 Å². The zero-order valence-corrected chi connectivity index (χ0v) is 10.6. The first kappa shape index (κ1) is 12.2. The number of anilines is 2. The lowest BCUT2D eigenvalue weighted by atomic mass is 10.0. The number of carbonyl (C=O) groups excluding carboxylic acids is 2. The average molecular weight is 259 g/mol. The molecule has 2 fully saturated rings. The molecular formula is C14H17N3O2. The smallest absolute Gasteiger partial charge is 0.230 e. The van der Waals surface area contributed by atoms with Crippen LogP contribution in [0.5, 0.6) is 0 Å². The fraction of sp³-hybridized carbons (Fsp3) is 0.429. The Hall–Kier alpha value is -1.88. The number of amides is 2. The van der Waals surface area contributed by atoms with Crippen LogP contribution in [0, 0.1) is 11.8 Å². The average Bonchev–Trinajstić information content (AvgIpc) is 3.10. The van der Waals surface area contributed by atoms with Gasteiger partial charge in [0.15, 0.2) is 0 Å². The maximum atomic E-state index is 11.8. The number of hydrogen-bond donors (Lipinski definition) is 3. The second-order valence-electron chi connectivity index (χ2n) is 5.19. The monoisotopic (exact) mass is 259 g/mol. The number of rotatable bonds is 4. The summed E-state index contributed by atoms with van der Waals surface area (Å²) in [7, 11) is 0. The number of benzene rings is 1. The molecule has 3 rings (SSSR count). The highest BCUT2D eigenvalue weighted by molar-refractivity contribution is 5.96. The molecule has 0 aromatic heterocycles. The normalized spacial score (nSPS) is 18.5. The molecule has 0 spiro atoms. The fourth-order valence-corrected chi connectivity index (χ4v) is 1.98. The maximum Gasteiger partial charge on any atom is 0.230 e. The van der Waals surface area contributed by atoms with Crippen LogP contribution in [0.3, 0.4) is 0 Å². The van der Waals surface area contributed by atoms with Crippen LogP contribution in [0.2, 0.25) is 0 Å². The standard InChI is InChI=1S/C14H17N3O2/c18-13(9-4-5-9)16-11-2-1-3-12(6-11)17-14(19)10-7-15-8-10/h1-3,6,9-10,15H,4-5,7-8H2,(H,16,18)(H,17,19). The van der Waals surface area contributed by atoms with Crippen LogP contribution in [-0.4, -0.2) is 24.9 Å². The van der Waals surface area contributed by atoms with Crippen molar-refractivity contribution >= 4 is 23.2 Å². The van der Waals surface area contributed by atoms with Gasteiger partial charge in [0.2, 0.25) is 11.8 Å². The van der Waals surface area contributed by atoms with E-state index in [4.69, 9.17) is 0 Å². The van der Waals surface area contributed by atoms with E-state index >= 15 is 0 Å². The summed E-state index contributed by atoms with van der Waals surface area (Å²) in [6.45, 7) is 1.48. The van der Waals surface area contributed by atoms with Gasteiger partial charge in [-0.25, -0.2) is 0 Å². The third kappa shape index (κ3) is 2.93. The van der Waals surface area contributed by atoms with Gasteiger partial charge in [0.1, 0.15) is 0 Å². The Morgan fingerprint density at radius 1 is 1.00 bits per heavy atom. The Morgan fingerprint density at radius 2 is 1.58 bits per heavy atom. The second-order valence-corrected chi connectivity index (χ2v) is 5.19. The predicted octanol–water partition coefficient (Wildman–Crippen LogP) is 1.19. The van der Waals surface area contributed by atoms with E-state index < -0.39 is 0 Å². The SMILES string of the molecule is O=C(Nc1cccc(NC(=O)C2CNC2)c1)C1CC1. The van der Waals surface area contributed by atoms with Gasteiger partial charge in [-0.15, -0.1) is 0 Å². The van der Waals surface area contributed by atoms with Crippen molar-refractivity contribution in [1.29, 1.82) is 0 Å². The Bertz CT molecular complexity index is 507. The molecule has 2 aliphatic rings. The summed E-state index contributed by atoms with van der Waals surface area (Å²) in [5.41, 5.74) is 1.46. The molecule has 0 atom stereocenters. The molecule has 0 bridgehead atoms. The van der Waals surface area contributed by atoms with Crippen molar-refractivity contribution in [1.82, 2.24) is 5.32 Å². The van der Waals surface area contributed by atoms with Crippen molar-refractivity contribution < 1.29 is 9.59 Å². The van der Waals surface area contributed by atoms with Crippen LogP contribution >= 0.6 is 0 Å². The lowest BCUT2D eigenvalue weighted by Crippen LogP contribution is -2.48. The van der Waals surface area contributed by atoms with Crippen molar-refractivity contribution in [2.24, 2.45) is 11.8 Å². The first-order chi connectivity index (χ1) is 9.22. The highest BCUT2D eigenvalue weighted by atomic mass is 16.2. The van der Waals surface area contributed by atoms with E-state index in [0.717, 1.165) is 37.3 Å². The van der Waals surface area contributed by atoms with Crippen LogP contribution in [-0.2, 0) is 9.59 Å². The molecule has 2 amide bonds. The molecule has 1 saturated heterocycles. The highest BCUT2D eigenvalue weighted by Crippen LogP contribution is 2.30. The summed E-state index contributed by atoms with van der Waals surface area (Å²) in [6.07, 6.45) is 1.97. The Balaban J connectivity index is 1.61. The second kappa shape index (κ2) is 5.01. The molecule has 0 unspecified atom stereocenters. The molecule has 1 saturated carbocycles. The number of nitrogens with one attached hydrogen (secondary N) is 3. The minimum Gasteiger partial charge on any atom is -0.326 e. The first-order valence-corrected chi connectivity index (χ1v) is 6.65. The van der Waals surface area contributed by atoms with Gasteiger partial charge in [0.05, 0.1) is 5.92 Å². The van der Waals surface area contributed by atoms with Crippen molar-refractivity contribution in [3.8, 4) is 0 Å². The van der Waals surface area contributed by atoms with E-state index in [2.05, 4.69) is 16.0 Å². The van der Waals surface area contributed by atoms with Gasteiger partial charge in [-0.2, -0.15) is 0 Å². The molecule has 19 heavy (non-hydrogen) atoms. The molecule has 1 aliphatic carbocycles. The molecule has 1 aromatic carbocycles. The molecular weight excluding hydrogens is 242 g/mol. The zero-order chi connectivity index (χ0) is 13.2. The van der Waals surface area contributed by atoms with Crippen LogP contribution in [0.25, 0.3) is 0 Å². The van der Waals surface area contributed by atoms with Crippen molar-refractivity contribution in [2.45, 2.75) is 12.8 Å². The molecule has 1 aromatic rings. The van der Waals surface area contributed by atoms with E-state index in [1.54, 1.807) is 6.07 Å². The van der Waals surface area contributed by atoms with Gasteiger partial charge in [0.25, 0.3) is 0 Å². The minimum atomic E-state index is 0.0319. The van der Waals surface area contributed by atoms with Gasteiger partial charge < -0.3 is 16.0 Å². The topological polar surface area (TPSA) is 70.2 Å². The maximum absolute atomic E-state index is 11.8. The quantitative estimate of drug-likeness (QED) is 0.760. The van der Waals surface area contributed by atoms with Crippen LogP contribution in [0.15, 0.2) is 24.3 Å². The Labute approximate surface area is 111 Å².